The van der Waals surface area contributed by atoms with Crippen LogP contribution in [0.2, 0.25) is 5.02 Å². The van der Waals surface area contributed by atoms with Gasteiger partial charge < -0.3 is 15.4 Å². The van der Waals surface area contributed by atoms with E-state index in [1.54, 1.807) is 17.4 Å². The molecule has 0 saturated carbocycles. The topological polar surface area (TPSA) is 50.4 Å². The van der Waals surface area contributed by atoms with E-state index in [-0.39, 0.29) is 5.97 Å². The maximum absolute atomic E-state index is 12.3. The molecule has 0 unspecified atom stereocenters. The van der Waals surface area contributed by atoms with Gasteiger partial charge in [0, 0.05) is 9.35 Å². The first-order chi connectivity index (χ1) is 12.0. The molecule has 1 aromatic carbocycles. The Balaban J connectivity index is 1.83. The second-order valence-corrected chi connectivity index (χ2v) is 8.45. The van der Waals surface area contributed by atoms with Gasteiger partial charge in [-0.15, -0.1) is 11.3 Å². The van der Waals surface area contributed by atoms with E-state index < -0.39 is 0 Å². The van der Waals surface area contributed by atoms with Crippen molar-refractivity contribution in [2.24, 2.45) is 0 Å². The van der Waals surface area contributed by atoms with E-state index in [1.165, 1.54) is 12.0 Å². The van der Waals surface area contributed by atoms with E-state index in [0.29, 0.717) is 21.4 Å². The van der Waals surface area contributed by atoms with Gasteiger partial charge in [0.1, 0.15) is 5.00 Å². The quantitative estimate of drug-likeness (QED) is 0.459. The lowest BCUT2D eigenvalue weighted by Gasteiger charge is -2.13. The molecule has 0 atom stereocenters. The van der Waals surface area contributed by atoms with E-state index in [4.69, 9.17) is 28.6 Å². The molecule has 0 radical (unpaired) electrons. The van der Waals surface area contributed by atoms with Gasteiger partial charge in [-0.1, -0.05) is 27.5 Å². The molecule has 0 fully saturated rings. The van der Waals surface area contributed by atoms with E-state index in [0.717, 1.165) is 40.7 Å². The van der Waals surface area contributed by atoms with Crippen molar-refractivity contribution < 1.29 is 9.53 Å². The van der Waals surface area contributed by atoms with Crippen molar-refractivity contribution in [3.05, 3.63) is 43.7 Å². The van der Waals surface area contributed by atoms with Crippen LogP contribution in [0.4, 0.5) is 10.7 Å². The second kappa shape index (κ2) is 8.03. The summed E-state index contributed by atoms with van der Waals surface area (Å²) in [6.45, 7) is 0. The van der Waals surface area contributed by atoms with Crippen molar-refractivity contribution in [3.63, 3.8) is 0 Å². The molecule has 2 aromatic rings. The minimum atomic E-state index is -0.327. The summed E-state index contributed by atoms with van der Waals surface area (Å²) in [5.41, 5.74) is 2.40. The third-order valence-corrected chi connectivity index (χ3v) is 6.18. The van der Waals surface area contributed by atoms with Crippen LogP contribution in [0.15, 0.2) is 22.7 Å². The average Bonchev–Trinajstić information content (AvgIpc) is 2.94. The van der Waals surface area contributed by atoms with Crippen LogP contribution in [-0.2, 0) is 17.6 Å². The standard InChI is InChI=1S/C17H16BrClN2O2S2/c1-23-16(22)14-10-4-2-3-5-13(10)25-15(14)21-17(24)20-12-7-6-9(18)8-11(12)19/h6-8H,2-5H2,1H3,(H2,20,21,24). The predicted molar refractivity (Wildman–Crippen MR) is 111 cm³/mol. The number of hydrogen-bond acceptors (Lipinski definition) is 4. The van der Waals surface area contributed by atoms with Gasteiger partial charge in [-0.05, 0) is 61.7 Å². The first-order valence-corrected chi connectivity index (χ1v) is 10.1. The number of benzene rings is 1. The molecule has 8 heteroatoms. The fraction of sp³-hybridized carbons (Fsp3) is 0.294. The van der Waals surface area contributed by atoms with Crippen LogP contribution in [-0.4, -0.2) is 18.2 Å². The lowest BCUT2D eigenvalue weighted by atomic mass is 9.95. The van der Waals surface area contributed by atoms with Crippen molar-refractivity contribution in [3.8, 4) is 0 Å². The number of carbonyl (C=O) groups excluding carboxylic acids is 1. The number of nitrogens with one attached hydrogen (secondary N) is 2. The number of fused-ring (bicyclic) bond motifs is 1. The highest BCUT2D eigenvalue weighted by Crippen LogP contribution is 2.38. The summed E-state index contributed by atoms with van der Waals surface area (Å²) in [5, 5.41) is 7.88. The zero-order chi connectivity index (χ0) is 18.0. The van der Waals surface area contributed by atoms with Crippen LogP contribution >= 0.6 is 51.1 Å². The Morgan fingerprint density at radius 2 is 2.08 bits per heavy atom. The monoisotopic (exact) mass is 458 g/mol. The number of methoxy groups -OCH3 is 1. The molecule has 2 N–H and O–H groups in total. The Morgan fingerprint density at radius 1 is 1.32 bits per heavy atom. The fourth-order valence-electron chi connectivity index (χ4n) is 2.82. The summed E-state index contributed by atoms with van der Waals surface area (Å²) in [6.07, 6.45) is 4.12. The van der Waals surface area contributed by atoms with Crippen molar-refractivity contribution in [1.82, 2.24) is 0 Å². The summed E-state index contributed by atoms with van der Waals surface area (Å²) < 4.78 is 5.86. The van der Waals surface area contributed by atoms with Crippen LogP contribution in [0.25, 0.3) is 0 Å². The minimum absolute atomic E-state index is 0.327. The molecule has 132 valence electrons. The highest BCUT2D eigenvalue weighted by molar-refractivity contribution is 9.10. The van der Waals surface area contributed by atoms with E-state index in [1.807, 2.05) is 12.1 Å². The molecule has 0 aliphatic heterocycles. The van der Waals surface area contributed by atoms with Gasteiger partial charge in [0.15, 0.2) is 5.11 Å². The summed E-state index contributed by atoms with van der Waals surface area (Å²) in [7, 11) is 1.40. The van der Waals surface area contributed by atoms with E-state index in [9.17, 15) is 4.79 Å². The molecule has 0 spiro atoms. The number of esters is 1. The molecule has 0 amide bonds. The number of carbonyl (C=O) groups is 1. The molecule has 1 aliphatic carbocycles. The van der Waals surface area contributed by atoms with Crippen molar-refractivity contribution >= 4 is 72.9 Å². The average molecular weight is 460 g/mol. The SMILES string of the molecule is COC(=O)c1c(NC(=S)Nc2ccc(Br)cc2Cl)sc2c1CCCC2. The maximum Gasteiger partial charge on any atom is 0.341 e. The van der Waals surface area contributed by atoms with Gasteiger partial charge in [0.05, 0.1) is 23.4 Å². The first-order valence-electron chi connectivity index (χ1n) is 7.75. The fourth-order valence-corrected chi connectivity index (χ4v) is 5.10. The van der Waals surface area contributed by atoms with Crippen molar-refractivity contribution in [2.75, 3.05) is 17.7 Å². The van der Waals surface area contributed by atoms with Gasteiger partial charge in [-0.3, -0.25) is 0 Å². The second-order valence-electron chi connectivity index (χ2n) is 5.61. The number of halogens is 2. The lowest BCUT2D eigenvalue weighted by Crippen LogP contribution is -2.20. The predicted octanol–water partition coefficient (Wildman–Crippen LogP) is 5.64. The molecule has 25 heavy (non-hydrogen) atoms. The normalized spacial score (nSPS) is 13.1. The maximum atomic E-state index is 12.3. The largest absolute Gasteiger partial charge is 0.465 e. The number of rotatable bonds is 3. The molecular formula is C17H16BrClN2O2S2. The van der Waals surface area contributed by atoms with Gasteiger partial charge in [-0.25, -0.2) is 4.79 Å². The number of ether oxygens (including phenoxy) is 1. The molecule has 1 aromatic heterocycles. The first kappa shape index (κ1) is 18.6. The Hall–Kier alpha value is -1.15. The number of thiocarbonyl (C=S) groups is 1. The number of aryl methyl sites for hydroxylation is 1. The van der Waals surface area contributed by atoms with Crippen LogP contribution in [0.1, 0.15) is 33.6 Å². The van der Waals surface area contributed by atoms with E-state index >= 15 is 0 Å². The number of anilines is 2. The highest BCUT2D eigenvalue weighted by Gasteiger charge is 2.26. The summed E-state index contributed by atoms with van der Waals surface area (Å²) in [4.78, 5) is 13.5. The Morgan fingerprint density at radius 3 is 2.80 bits per heavy atom. The third-order valence-electron chi connectivity index (χ3n) is 3.97. The van der Waals surface area contributed by atoms with Gasteiger partial charge in [-0.2, -0.15) is 0 Å². The zero-order valence-electron chi connectivity index (χ0n) is 13.4. The molecule has 1 heterocycles. The van der Waals surface area contributed by atoms with Gasteiger partial charge >= 0.3 is 5.97 Å². The summed E-state index contributed by atoms with van der Waals surface area (Å²) in [5.74, 6) is -0.327. The van der Waals surface area contributed by atoms with Gasteiger partial charge in [0.2, 0.25) is 0 Å². The van der Waals surface area contributed by atoms with Crippen LogP contribution in [0, 0.1) is 0 Å². The smallest absolute Gasteiger partial charge is 0.341 e. The Labute approximate surface area is 169 Å². The Bertz CT molecular complexity index is 838. The molecule has 3 rings (SSSR count). The summed E-state index contributed by atoms with van der Waals surface area (Å²) >= 11 is 16.6. The molecular weight excluding hydrogens is 444 g/mol. The van der Waals surface area contributed by atoms with Crippen LogP contribution in [0.5, 0.6) is 0 Å². The molecule has 0 bridgehead atoms. The lowest BCUT2D eigenvalue weighted by molar-refractivity contribution is 0.0601. The number of thiophene rings is 1. The zero-order valence-corrected chi connectivity index (χ0v) is 17.4. The van der Waals surface area contributed by atoms with E-state index in [2.05, 4.69) is 26.6 Å². The van der Waals surface area contributed by atoms with Crippen LogP contribution in [0.3, 0.4) is 0 Å². The highest BCUT2D eigenvalue weighted by atomic mass is 79.9. The minimum Gasteiger partial charge on any atom is -0.465 e. The molecule has 4 nitrogen and oxygen atoms in total. The molecule has 0 saturated heterocycles. The van der Waals surface area contributed by atoms with Crippen LogP contribution < -0.4 is 10.6 Å². The summed E-state index contributed by atoms with van der Waals surface area (Å²) in [6, 6.07) is 5.50. The van der Waals surface area contributed by atoms with Crippen molar-refractivity contribution in [2.45, 2.75) is 25.7 Å². The number of hydrogen-bond donors (Lipinski definition) is 2. The third kappa shape index (κ3) is 4.16. The molecule has 1 aliphatic rings. The Kier molecular flexibility index (Phi) is 5.99. The van der Waals surface area contributed by atoms with Crippen molar-refractivity contribution in [1.29, 1.82) is 0 Å². The van der Waals surface area contributed by atoms with Gasteiger partial charge in [0.25, 0.3) is 0 Å².